The lowest BCUT2D eigenvalue weighted by molar-refractivity contribution is -0.149. The number of rotatable bonds is 3. The number of fused-ring (bicyclic) bond motifs is 1. The Morgan fingerprint density at radius 3 is 3.00 bits per heavy atom. The van der Waals surface area contributed by atoms with Gasteiger partial charge in [0.1, 0.15) is 5.82 Å². The summed E-state index contributed by atoms with van der Waals surface area (Å²) in [5.74, 6) is 0.252. The third-order valence-corrected chi connectivity index (χ3v) is 4.16. The molecule has 7 heteroatoms. The van der Waals surface area contributed by atoms with E-state index in [0.717, 1.165) is 18.7 Å². The van der Waals surface area contributed by atoms with Crippen LogP contribution in [0.5, 0.6) is 0 Å². The van der Waals surface area contributed by atoms with Gasteiger partial charge < -0.3 is 9.64 Å². The number of pyridine rings is 1. The van der Waals surface area contributed by atoms with Crippen LogP contribution in [0.25, 0.3) is 5.65 Å². The Labute approximate surface area is 134 Å². The number of nitrogens with zero attached hydrogens (tertiary/aromatic N) is 4. The number of esters is 1. The van der Waals surface area contributed by atoms with Crippen LogP contribution >= 0.6 is 0 Å². The van der Waals surface area contributed by atoms with E-state index < -0.39 is 0 Å². The molecule has 1 aliphatic rings. The smallest absolute Gasteiger partial charge is 0.310 e. The first kappa shape index (κ1) is 15.5. The summed E-state index contributed by atoms with van der Waals surface area (Å²) < 4.78 is 6.90. The lowest BCUT2D eigenvalue weighted by atomic mass is 9.97. The molecular formula is C16H20N4O3. The first-order valence-electron chi connectivity index (χ1n) is 7.87. The fourth-order valence-electron chi connectivity index (χ4n) is 2.94. The second kappa shape index (κ2) is 6.36. The van der Waals surface area contributed by atoms with Gasteiger partial charge in [0.05, 0.1) is 12.5 Å². The summed E-state index contributed by atoms with van der Waals surface area (Å²) in [5, 5.41) is 8.03. The van der Waals surface area contributed by atoms with E-state index in [4.69, 9.17) is 4.74 Å². The molecule has 23 heavy (non-hydrogen) atoms. The molecule has 0 bridgehead atoms. The van der Waals surface area contributed by atoms with Crippen molar-refractivity contribution in [2.24, 2.45) is 5.92 Å². The van der Waals surface area contributed by atoms with Crippen molar-refractivity contribution in [1.82, 2.24) is 19.5 Å². The minimum atomic E-state index is -0.230. The van der Waals surface area contributed by atoms with Gasteiger partial charge in [-0.3, -0.25) is 14.0 Å². The number of hydrogen-bond acceptors (Lipinski definition) is 5. The van der Waals surface area contributed by atoms with Gasteiger partial charge in [-0.1, -0.05) is 0 Å². The first-order valence-corrected chi connectivity index (χ1v) is 7.87. The Morgan fingerprint density at radius 1 is 1.39 bits per heavy atom. The highest BCUT2D eigenvalue weighted by molar-refractivity contribution is 5.95. The van der Waals surface area contributed by atoms with Gasteiger partial charge in [0.25, 0.3) is 5.91 Å². The van der Waals surface area contributed by atoms with Gasteiger partial charge in [0.15, 0.2) is 5.65 Å². The number of ether oxygens (including phenoxy) is 1. The number of amides is 1. The van der Waals surface area contributed by atoms with Crippen LogP contribution in [0.1, 0.15) is 35.9 Å². The minimum Gasteiger partial charge on any atom is -0.466 e. The zero-order valence-electron chi connectivity index (χ0n) is 13.4. The molecule has 0 spiro atoms. The van der Waals surface area contributed by atoms with Crippen LogP contribution < -0.4 is 0 Å². The van der Waals surface area contributed by atoms with Crippen molar-refractivity contribution in [1.29, 1.82) is 0 Å². The quantitative estimate of drug-likeness (QED) is 0.801. The van der Waals surface area contributed by atoms with Crippen molar-refractivity contribution in [3.8, 4) is 0 Å². The molecule has 3 heterocycles. The Bertz CT molecular complexity index is 740. The largest absolute Gasteiger partial charge is 0.466 e. The highest BCUT2D eigenvalue weighted by Gasteiger charge is 2.29. The maximum atomic E-state index is 12.7. The third kappa shape index (κ3) is 3.04. The first-order chi connectivity index (χ1) is 11.1. The monoisotopic (exact) mass is 316 g/mol. The Hall–Kier alpha value is -2.44. The molecule has 0 aromatic carbocycles. The highest BCUT2D eigenvalue weighted by atomic mass is 16.5. The lowest BCUT2D eigenvalue weighted by Crippen LogP contribution is -2.42. The Kier molecular flexibility index (Phi) is 4.27. The topological polar surface area (TPSA) is 76.8 Å². The van der Waals surface area contributed by atoms with Crippen molar-refractivity contribution in [3.63, 3.8) is 0 Å². The normalized spacial score (nSPS) is 18.2. The highest BCUT2D eigenvalue weighted by Crippen LogP contribution is 2.20. The minimum absolute atomic E-state index is 0.0813. The molecule has 7 nitrogen and oxygen atoms in total. The summed E-state index contributed by atoms with van der Waals surface area (Å²) >= 11 is 0. The number of aryl methyl sites for hydroxylation is 1. The zero-order valence-corrected chi connectivity index (χ0v) is 13.4. The summed E-state index contributed by atoms with van der Waals surface area (Å²) in [4.78, 5) is 26.3. The number of likely N-dealkylation sites (tertiary alicyclic amines) is 1. The van der Waals surface area contributed by atoms with Crippen molar-refractivity contribution in [3.05, 3.63) is 29.7 Å². The standard InChI is InChI=1S/C16H20N4O3/c1-3-23-16(22)13-5-4-7-19(10-13)15(21)12-6-8-20-11(2)17-18-14(20)9-12/h6,8-9,13H,3-5,7,10H2,1-2H3. The molecule has 2 aromatic heterocycles. The second-order valence-electron chi connectivity index (χ2n) is 5.73. The van der Waals surface area contributed by atoms with Crippen molar-refractivity contribution in [2.75, 3.05) is 19.7 Å². The zero-order chi connectivity index (χ0) is 16.4. The molecule has 2 aromatic rings. The summed E-state index contributed by atoms with van der Waals surface area (Å²) in [6.07, 6.45) is 3.37. The summed E-state index contributed by atoms with van der Waals surface area (Å²) in [5.41, 5.74) is 1.21. The average Bonchev–Trinajstić information content (AvgIpc) is 2.95. The lowest BCUT2D eigenvalue weighted by Gasteiger charge is -2.31. The van der Waals surface area contributed by atoms with Crippen molar-refractivity contribution < 1.29 is 14.3 Å². The Morgan fingerprint density at radius 2 is 2.22 bits per heavy atom. The van der Waals surface area contributed by atoms with Gasteiger partial charge in [-0.05, 0) is 38.8 Å². The molecule has 1 amide bonds. The molecule has 0 saturated carbocycles. The predicted octanol–water partition coefficient (Wildman–Crippen LogP) is 1.45. The maximum absolute atomic E-state index is 12.7. The van der Waals surface area contributed by atoms with E-state index in [1.807, 2.05) is 11.3 Å². The van der Waals surface area contributed by atoms with Crippen LogP contribution in [-0.2, 0) is 9.53 Å². The van der Waals surface area contributed by atoms with Gasteiger partial charge >= 0.3 is 5.97 Å². The molecular weight excluding hydrogens is 296 g/mol. The van der Waals surface area contributed by atoms with Gasteiger partial charge in [-0.25, -0.2) is 0 Å². The third-order valence-electron chi connectivity index (χ3n) is 4.16. The molecule has 3 rings (SSSR count). The van der Waals surface area contributed by atoms with Crippen LogP contribution in [0.3, 0.4) is 0 Å². The van der Waals surface area contributed by atoms with E-state index in [9.17, 15) is 9.59 Å². The maximum Gasteiger partial charge on any atom is 0.310 e. The molecule has 1 atom stereocenters. The molecule has 0 aliphatic carbocycles. The van der Waals surface area contributed by atoms with Gasteiger partial charge in [0.2, 0.25) is 0 Å². The number of carbonyl (C=O) groups is 2. The fraction of sp³-hybridized carbons (Fsp3) is 0.500. The van der Waals surface area contributed by atoms with Gasteiger partial charge in [-0.2, -0.15) is 0 Å². The van der Waals surface area contributed by atoms with Crippen LogP contribution in [0.2, 0.25) is 0 Å². The Balaban J connectivity index is 1.76. The molecule has 1 aliphatic heterocycles. The van der Waals surface area contributed by atoms with Gasteiger partial charge in [-0.15, -0.1) is 10.2 Å². The summed E-state index contributed by atoms with van der Waals surface area (Å²) in [6.45, 7) is 5.09. The number of aromatic nitrogens is 3. The van der Waals surface area contributed by atoms with E-state index in [1.54, 1.807) is 30.2 Å². The van der Waals surface area contributed by atoms with Crippen LogP contribution in [-0.4, -0.2) is 51.1 Å². The van der Waals surface area contributed by atoms with Crippen LogP contribution in [0.4, 0.5) is 0 Å². The molecule has 122 valence electrons. The molecule has 0 N–H and O–H groups in total. The predicted molar refractivity (Wildman–Crippen MR) is 83.0 cm³/mol. The number of carbonyl (C=O) groups excluding carboxylic acids is 2. The fourth-order valence-corrected chi connectivity index (χ4v) is 2.94. The van der Waals surface area contributed by atoms with E-state index in [0.29, 0.717) is 30.9 Å². The van der Waals surface area contributed by atoms with Crippen molar-refractivity contribution >= 4 is 17.5 Å². The van der Waals surface area contributed by atoms with E-state index >= 15 is 0 Å². The van der Waals surface area contributed by atoms with E-state index in [1.165, 1.54) is 0 Å². The molecule has 1 saturated heterocycles. The SMILES string of the molecule is CCOC(=O)C1CCCN(C(=O)c2ccn3c(C)nnc3c2)C1. The molecule has 1 unspecified atom stereocenters. The number of hydrogen-bond donors (Lipinski definition) is 0. The molecule has 1 fully saturated rings. The second-order valence-corrected chi connectivity index (χ2v) is 5.73. The average molecular weight is 316 g/mol. The van der Waals surface area contributed by atoms with Crippen LogP contribution in [0.15, 0.2) is 18.3 Å². The van der Waals surface area contributed by atoms with Crippen molar-refractivity contribution in [2.45, 2.75) is 26.7 Å². The summed E-state index contributed by atoms with van der Waals surface area (Å²) in [7, 11) is 0. The van der Waals surface area contributed by atoms with Crippen LogP contribution in [0, 0.1) is 12.8 Å². The van der Waals surface area contributed by atoms with E-state index in [2.05, 4.69) is 10.2 Å². The van der Waals surface area contributed by atoms with E-state index in [-0.39, 0.29) is 17.8 Å². The number of piperidine rings is 1. The van der Waals surface area contributed by atoms with Gasteiger partial charge in [0, 0.05) is 24.8 Å². The summed E-state index contributed by atoms with van der Waals surface area (Å²) in [6, 6.07) is 3.50. The molecule has 0 radical (unpaired) electrons.